The second-order valence-electron chi connectivity index (χ2n) is 5.75. The Labute approximate surface area is 96.4 Å². The van der Waals surface area contributed by atoms with Gasteiger partial charge in [0, 0.05) is 6.61 Å². The van der Waals surface area contributed by atoms with Crippen molar-refractivity contribution in [1.82, 2.24) is 0 Å². The van der Waals surface area contributed by atoms with Gasteiger partial charge in [-0.15, -0.1) is 5.73 Å². The number of hydrogen-bond donors (Lipinski definition) is 0. The van der Waals surface area contributed by atoms with Gasteiger partial charge in [0.2, 0.25) is 0 Å². The summed E-state index contributed by atoms with van der Waals surface area (Å²) in [4.78, 5) is 0. The molecule has 15 heavy (non-hydrogen) atoms. The van der Waals surface area contributed by atoms with Crippen molar-refractivity contribution >= 4 is 8.32 Å². The minimum atomic E-state index is -1.54. The van der Waals surface area contributed by atoms with E-state index in [9.17, 15) is 0 Å². The quantitative estimate of drug-likeness (QED) is 0.389. The summed E-state index contributed by atoms with van der Waals surface area (Å²) in [5.74, 6) is 0. The molecule has 0 aliphatic carbocycles. The molecule has 0 amide bonds. The summed E-state index contributed by atoms with van der Waals surface area (Å²) in [7, 11) is -1.54. The van der Waals surface area contributed by atoms with Crippen LogP contribution in [0.1, 0.15) is 41.0 Å². The fourth-order valence-electron chi connectivity index (χ4n) is 0.866. The zero-order chi connectivity index (χ0) is 12.1. The van der Waals surface area contributed by atoms with Crippen LogP contribution in [0.25, 0.3) is 0 Å². The third-order valence-electron chi connectivity index (χ3n) is 2.92. The van der Waals surface area contributed by atoms with Crippen molar-refractivity contribution in [3.05, 3.63) is 17.4 Å². The highest BCUT2D eigenvalue weighted by atomic mass is 28.4. The maximum absolute atomic E-state index is 6.03. The predicted octanol–water partition coefficient (Wildman–Crippen LogP) is 4.52. The highest BCUT2D eigenvalue weighted by Gasteiger charge is 2.36. The molecule has 0 atom stereocenters. The molecule has 0 aliphatic rings. The highest BCUT2D eigenvalue weighted by molar-refractivity contribution is 6.74. The first-order valence-corrected chi connectivity index (χ1v) is 8.60. The number of rotatable bonds is 4. The average molecular weight is 226 g/mol. The van der Waals surface area contributed by atoms with Crippen LogP contribution in [0.4, 0.5) is 0 Å². The Kier molecular flexibility index (Phi) is 5.58. The molecule has 0 saturated carbocycles. The highest BCUT2D eigenvalue weighted by Crippen LogP contribution is 2.36. The molecule has 88 valence electrons. The molecule has 0 aromatic carbocycles. The largest absolute Gasteiger partial charge is 0.416 e. The summed E-state index contributed by atoms with van der Waals surface area (Å²) in [5.41, 5.74) is 4.42. The van der Waals surface area contributed by atoms with Gasteiger partial charge in [0.25, 0.3) is 0 Å². The van der Waals surface area contributed by atoms with Gasteiger partial charge in [-0.3, -0.25) is 0 Å². The van der Waals surface area contributed by atoms with Crippen LogP contribution in [-0.4, -0.2) is 14.9 Å². The Morgan fingerprint density at radius 1 is 1.27 bits per heavy atom. The van der Waals surface area contributed by atoms with Crippen molar-refractivity contribution in [2.75, 3.05) is 6.61 Å². The van der Waals surface area contributed by atoms with E-state index in [0.29, 0.717) is 5.04 Å². The minimum absolute atomic E-state index is 0.313. The summed E-state index contributed by atoms with van der Waals surface area (Å²) >= 11 is 0. The summed E-state index contributed by atoms with van der Waals surface area (Å²) in [6.07, 6.45) is 3.04. The van der Waals surface area contributed by atoms with Gasteiger partial charge >= 0.3 is 0 Å². The molecule has 0 heterocycles. The van der Waals surface area contributed by atoms with Crippen LogP contribution in [0, 0.1) is 0 Å². The molecule has 0 N–H and O–H groups in total. The van der Waals surface area contributed by atoms with Gasteiger partial charge in [-0.1, -0.05) is 20.8 Å². The summed E-state index contributed by atoms with van der Waals surface area (Å²) in [6, 6.07) is 0. The van der Waals surface area contributed by atoms with E-state index in [4.69, 9.17) is 4.43 Å². The van der Waals surface area contributed by atoms with Gasteiger partial charge in [0.05, 0.1) is 0 Å². The molecule has 1 nitrogen and oxygen atoms in total. The van der Waals surface area contributed by atoms with Gasteiger partial charge in [0.15, 0.2) is 8.32 Å². The molecule has 0 rings (SSSR count). The fraction of sp³-hybridized carbons (Fsp3) is 0.769. The van der Waals surface area contributed by atoms with E-state index >= 15 is 0 Å². The Balaban J connectivity index is 4.03. The first-order valence-electron chi connectivity index (χ1n) is 5.69. The van der Waals surface area contributed by atoms with Gasteiger partial charge in [-0.2, -0.15) is 0 Å². The normalized spacial score (nSPS) is 12.2. The molecular formula is C13H26OSi. The van der Waals surface area contributed by atoms with Gasteiger partial charge < -0.3 is 4.43 Å². The van der Waals surface area contributed by atoms with E-state index in [-0.39, 0.29) is 0 Å². The lowest BCUT2D eigenvalue weighted by molar-refractivity contribution is 0.294. The van der Waals surface area contributed by atoms with Gasteiger partial charge in [-0.25, -0.2) is 0 Å². The fourth-order valence-corrected chi connectivity index (χ4v) is 1.93. The Morgan fingerprint density at radius 2 is 1.80 bits per heavy atom. The summed E-state index contributed by atoms with van der Waals surface area (Å²) in [5, 5.41) is 0.313. The van der Waals surface area contributed by atoms with E-state index in [2.05, 4.69) is 59.5 Å². The van der Waals surface area contributed by atoms with Crippen molar-refractivity contribution in [2.45, 2.75) is 59.2 Å². The smallest absolute Gasteiger partial charge is 0.191 e. The van der Waals surface area contributed by atoms with Crippen LogP contribution in [-0.2, 0) is 4.43 Å². The predicted molar refractivity (Wildman–Crippen MR) is 70.7 cm³/mol. The zero-order valence-corrected chi connectivity index (χ0v) is 12.4. The Hall–Kier alpha value is -0.303. The van der Waals surface area contributed by atoms with Crippen LogP contribution in [0.2, 0.25) is 18.1 Å². The first kappa shape index (κ1) is 14.7. The lowest BCUT2D eigenvalue weighted by Gasteiger charge is -2.36. The molecule has 0 aromatic rings. The van der Waals surface area contributed by atoms with Gasteiger partial charge in [-0.05, 0) is 50.0 Å². The van der Waals surface area contributed by atoms with Crippen LogP contribution in [0.3, 0.4) is 0 Å². The molecule has 0 saturated heterocycles. The van der Waals surface area contributed by atoms with E-state index in [1.54, 1.807) is 0 Å². The number of hydrogen-bond acceptors (Lipinski definition) is 1. The molecular weight excluding hydrogens is 200 g/mol. The van der Waals surface area contributed by atoms with Gasteiger partial charge in [0.1, 0.15) is 0 Å². The molecule has 0 bridgehead atoms. The Morgan fingerprint density at radius 3 is 2.20 bits per heavy atom. The SMILES string of the molecule is CC(C)=C=CCCO[Si](C)(C)C(C)(C)C. The van der Waals surface area contributed by atoms with E-state index in [0.717, 1.165) is 13.0 Å². The van der Waals surface area contributed by atoms with Crippen molar-refractivity contribution in [1.29, 1.82) is 0 Å². The molecule has 0 fully saturated rings. The topological polar surface area (TPSA) is 9.23 Å². The van der Waals surface area contributed by atoms with Crippen LogP contribution >= 0.6 is 0 Å². The molecule has 0 unspecified atom stereocenters. The maximum Gasteiger partial charge on any atom is 0.191 e. The average Bonchev–Trinajstić information content (AvgIpc) is 2.00. The van der Waals surface area contributed by atoms with E-state index in [1.165, 1.54) is 5.57 Å². The van der Waals surface area contributed by atoms with Crippen molar-refractivity contribution in [3.8, 4) is 0 Å². The van der Waals surface area contributed by atoms with E-state index in [1.807, 2.05) is 0 Å². The summed E-state index contributed by atoms with van der Waals surface area (Å²) in [6.45, 7) is 16.3. The minimum Gasteiger partial charge on any atom is -0.416 e. The lowest BCUT2D eigenvalue weighted by Crippen LogP contribution is -2.40. The molecule has 2 heteroatoms. The molecule has 0 aromatic heterocycles. The molecule has 0 aliphatic heterocycles. The third-order valence-corrected chi connectivity index (χ3v) is 7.46. The standard InChI is InChI=1S/C13H26OSi/c1-12(2)10-8-9-11-14-15(6,7)13(3,4)5/h8H,9,11H2,1-7H3. The monoisotopic (exact) mass is 226 g/mol. The molecule has 0 spiro atoms. The zero-order valence-electron chi connectivity index (χ0n) is 11.4. The van der Waals surface area contributed by atoms with Crippen LogP contribution < -0.4 is 0 Å². The second kappa shape index (κ2) is 5.69. The van der Waals surface area contributed by atoms with Crippen LogP contribution in [0.15, 0.2) is 17.4 Å². The van der Waals surface area contributed by atoms with Crippen molar-refractivity contribution in [3.63, 3.8) is 0 Å². The Bertz CT molecular complexity index is 248. The first-order chi connectivity index (χ1) is 6.67. The van der Waals surface area contributed by atoms with Crippen molar-refractivity contribution < 1.29 is 4.43 Å². The lowest BCUT2D eigenvalue weighted by atomic mass is 10.2. The summed E-state index contributed by atoms with van der Waals surface area (Å²) < 4.78 is 6.03. The maximum atomic E-state index is 6.03. The van der Waals surface area contributed by atoms with Crippen LogP contribution in [0.5, 0.6) is 0 Å². The second-order valence-corrected chi connectivity index (χ2v) is 10.6. The van der Waals surface area contributed by atoms with E-state index < -0.39 is 8.32 Å². The molecule has 0 radical (unpaired) electrons. The van der Waals surface area contributed by atoms with Crippen molar-refractivity contribution in [2.24, 2.45) is 0 Å². The third kappa shape index (κ3) is 5.98.